The maximum Gasteiger partial charge on any atom is 0.156 e. The summed E-state index contributed by atoms with van der Waals surface area (Å²) in [5.41, 5.74) is 0. The van der Waals surface area contributed by atoms with Gasteiger partial charge in [0.25, 0.3) is 0 Å². The molecule has 13 heavy (non-hydrogen) atoms. The Labute approximate surface area is 75.8 Å². The van der Waals surface area contributed by atoms with Crippen molar-refractivity contribution >= 4 is 0 Å². The molecule has 0 atom stereocenters. The van der Waals surface area contributed by atoms with Gasteiger partial charge in [-0.25, -0.2) is 0 Å². The Morgan fingerprint density at radius 3 is 2.23 bits per heavy atom. The van der Waals surface area contributed by atoms with Crippen LogP contribution in [0.2, 0.25) is 0 Å². The summed E-state index contributed by atoms with van der Waals surface area (Å²) in [5.74, 6) is 0.925. The standard InChI is InChI=1S/C10H9NO2/c12-9-3-5-10(6-4-9)13-11-7-1-2-8-11/h1-8,12H. The van der Waals surface area contributed by atoms with Crippen molar-refractivity contribution in [2.75, 3.05) is 0 Å². The van der Waals surface area contributed by atoms with E-state index in [1.54, 1.807) is 41.4 Å². The van der Waals surface area contributed by atoms with E-state index in [2.05, 4.69) is 0 Å². The second-order valence-electron chi connectivity index (χ2n) is 2.63. The summed E-state index contributed by atoms with van der Waals surface area (Å²) in [6.45, 7) is 0. The molecule has 1 aromatic heterocycles. The lowest BCUT2D eigenvalue weighted by Gasteiger charge is -2.04. The van der Waals surface area contributed by atoms with Gasteiger partial charge in [-0.15, -0.1) is 0 Å². The van der Waals surface area contributed by atoms with Crippen molar-refractivity contribution in [2.24, 2.45) is 0 Å². The minimum Gasteiger partial charge on any atom is -0.508 e. The van der Waals surface area contributed by atoms with E-state index in [-0.39, 0.29) is 5.75 Å². The first-order chi connectivity index (χ1) is 6.34. The van der Waals surface area contributed by atoms with Crippen molar-refractivity contribution in [3.63, 3.8) is 0 Å². The second kappa shape index (κ2) is 3.23. The van der Waals surface area contributed by atoms with E-state index in [1.165, 1.54) is 0 Å². The summed E-state index contributed by atoms with van der Waals surface area (Å²) < 4.78 is 1.59. The average Bonchev–Trinajstić information content (AvgIpc) is 2.62. The lowest BCUT2D eigenvalue weighted by atomic mass is 10.3. The fourth-order valence-corrected chi connectivity index (χ4v) is 1.01. The monoisotopic (exact) mass is 175 g/mol. The predicted octanol–water partition coefficient (Wildman–Crippen LogP) is 2.04. The van der Waals surface area contributed by atoms with E-state index in [1.807, 2.05) is 12.1 Å². The molecule has 1 heterocycles. The van der Waals surface area contributed by atoms with Gasteiger partial charge in [0.2, 0.25) is 0 Å². The average molecular weight is 175 g/mol. The molecular weight excluding hydrogens is 166 g/mol. The van der Waals surface area contributed by atoms with Crippen LogP contribution in [0.5, 0.6) is 11.5 Å². The predicted molar refractivity (Wildman–Crippen MR) is 48.6 cm³/mol. The van der Waals surface area contributed by atoms with E-state index in [0.29, 0.717) is 5.75 Å². The summed E-state index contributed by atoms with van der Waals surface area (Å²) in [6, 6.07) is 10.3. The van der Waals surface area contributed by atoms with Crippen LogP contribution in [-0.2, 0) is 0 Å². The smallest absolute Gasteiger partial charge is 0.156 e. The van der Waals surface area contributed by atoms with Crippen LogP contribution in [0, 0.1) is 0 Å². The van der Waals surface area contributed by atoms with Gasteiger partial charge in [-0.2, -0.15) is 4.73 Å². The maximum absolute atomic E-state index is 9.02. The zero-order valence-corrected chi connectivity index (χ0v) is 6.92. The zero-order valence-electron chi connectivity index (χ0n) is 6.92. The van der Waals surface area contributed by atoms with Crippen molar-refractivity contribution < 1.29 is 9.94 Å². The quantitative estimate of drug-likeness (QED) is 0.757. The number of aromatic nitrogens is 1. The Morgan fingerprint density at radius 2 is 1.62 bits per heavy atom. The summed E-state index contributed by atoms with van der Waals surface area (Å²) >= 11 is 0. The van der Waals surface area contributed by atoms with Crippen molar-refractivity contribution in [3.05, 3.63) is 48.8 Å². The highest BCUT2D eigenvalue weighted by atomic mass is 16.7. The molecule has 3 nitrogen and oxygen atoms in total. The van der Waals surface area contributed by atoms with Gasteiger partial charge < -0.3 is 9.94 Å². The lowest BCUT2D eigenvalue weighted by Crippen LogP contribution is -2.00. The molecule has 0 aliphatic rings. The van der Waals surface area contributed by atoms with E-state index < -0.39 is 0 Å². The normalized spacial score (nSPS) is 9.85. The highest BCUT2D eigenvalue weighted by Gasteiger charge is 1.93. The van der Waals surface area contributed by atoms with Crippen LogP contribution in [-0.4, -0.2) is 9.84 Å². The van der Waals surface area contributed by atoms with Gasteiger partial charge in [-0.05, 0) is 36.4 Å². The molecule has 0 radical (unpaired) electrons. The topological polar surface area (TPSA) is 34.4 Å². The van der Waals surface area contributed by atoms with Crippen LogP contribution in [0.1, 0.15) is 0 Å². The molecule has 0 amide bonds. The first kappa shape index (κ1) is 7.73. The van der Waals surface area contributed by atoms with Crippen LogP contribution in [0.15, 0.2) is 48.8 Å². The van der Waals surface area contributed by atoms with Gasteiger partial charge in [0.1, 0.15) is 5.75 Å². The molecule has 0 spiro atoms. The van der Waals surface area contributed by atoms with Crippen LogP contribution in [0.3, 0.4) is 0 Å². The number of phenols is 1. The summed E-state index contributed by atoms with van der Waals surface area (Å²) in [6.07, 6.45) is 3.60. The number of hydrogen-bond donors (Lipinski definition) is 1. The Bertz CT molecular complexity index is 364. The van der Waals surface area contributed by atoms with Crippen molar-refractivity contribution in [1.82, 2.24) is 4.73 Å². The summed E-state index contributed by atoms with van der Waals surface area (Å²) in [5, 5.41) is 9.02. The number of phenolic OH excluding ortho intramolecular Hbond substituents is 1. The Kier molecular flexibility index (Phi) is 1.92. The molecule has 66 valence electrons. The van der Waals surface area contributed by atoms with E-state index in [9.17, 15) is 0 Å². The molecule has 2 rings (SSSR count). The molecule has 0 fully saturated rings. The van der Waals surface area contributed by atoms with E-state index in [4.69, 9.17) is 9.94 Å². The van der Waals surface area contributed by atoms with Gasteiger partial charge in [-0.1, -0.05) is 0 Å². The van der Waals surface area contributed by atoms with Gasteiger partial charge in [0.15, 0.2) is 5.75 Å². The summed E-state index contributed by atoms with van der Waals surface area (Å²) in [7, 11) is 0. The molecular formula is C10H9NO2. The van der Waals surface area contributed by atoms with Gasteiger partial charge in [-0.3, -0.25) is 0 Å². The molecule has 3 heteroatoms. The van der Waals surface area contributed by atoms with Crippen molar-refractivity contribution in [1.29, 1.82) is 0 Å². The fourth-order valence-electron chi connectivity index (χ4n) is 1.01. The summed E-state index contributed by atoms with van der Waals surface area (Å²) in [4.78, 5) is 5.38. The zero-order chi connectivity index (χ0) is 9.10. The van der Waals surface area contributed by atoms with E-state index >= 15 is 0 Å². The Hall–Kier alpha value is -1.90. The van der Waals surface area contributed by atoms with Crippen LogP contribution < -0.4 is 4.84 Å². The minimum atomic E-state index is 0.236. The lowest BCUT2D eigenvalue weighted by molar-refractivity contribution is 0.217. The molecule has 1 aromatic carbocycles. The van der Waals surface area contributed by atoms with Gasteiger partial charge >= 0.3 is 0 Å². The van der Waals surface area contributed by atoms with Crippen LogP contribution in [0.4, 0.5) is 0 Å². The molecule has 0 aliphatic heterocycles. The third-order valence-electron chi connectivity index (χ3n) is 1.62. The third kappa shape index (κ3) is 1.82. The van der Waals surface area contributed by atoms with Crippen molar-refractivity contribution in [3.8, 4) is 11.5 Å². The molecule has 1 N–H and O–H groups in total. The first-order valence-electron chi connectivity index (χ1n) is 3.95. The number of nitrogens with zero attached hydrogens (tertiary/aromatic N) is 1. The first-order valence-corrected chi connectivity index (χ1v) is 3.95. The van der Waals surface area contributed by atoms with Crippen molar-refractivity contribution in [2.45, 2.75) is 0 Å². The van der Waals surface area contributed by atoms with Gasteiger partial charge in [0.05, 0.1) is 0 Å². The van der Waals surface area contributed by atoms with Crippen LogP contribution in [0.25, 0.3) is 0 Å². The SMILES string of the molecule is Oc1ccc(On2cccc2)cc1. The number of benzene rings is 1. The Balaban J connectivity index is 2.15. The molecule has 0 saturated carbocycles. The largest absolute Gasteiger partial charge is 0.508 e. The number of rotatable bonds is 2. The third-order valence-corrected chi connectivity index (χ3v) is 1.62. The maximum atomic E-state index is 9.02. The van der Waals surface area contributed by atoms with Gasteiger partial charge in [0, 0.05) is 12.4 Å². The van der Waals surface area contributed by atoms with E-state index in [0.717, 1.165) is 0 Å². The molecule has 0 bridgehead atoms. The Morgan fingerprint density at radius 1 is 1.00 bits per heavy atom. The fraction of sp³-hybridized carbons (Fsp3) is 0. The highest BCUT2D eigenvalue weighted by Crippen LogP contribution is 2.16. The number of hydrogen-bond acceptors (Lipinski definition) is 2. The molecule has 0 aliphatic carbocycles. The minimum absolute atomic E-state index is 0.236. The second-order valence-corrected chi connectivity index (χ2v) is 2.63. The molecule has 0 saturated heterocycles. The highest BCUT2D eigenvalue weighted by molar-refractivity contribution is 5.30. The molecule has 2 aromatic rings. The number of aromatic hydroxyl groups is 1. The molecule has 0 unspecified atom stereocenters. The van der Waals surface area contributed by atoms with Crippen LogP contribution >= 0.6 is 0 Å².